The zero-order chi connectivity index (χ0) is 22.5. The first-order valence-electron chi connectivity index (χ1n) is 10.8. The summed E-state index contributed by atoms with van der Waals surface area (Å²) in [7, 11) is 0. The summed E-state index contributed by atoms with van der Waals surface area (Å²) in [4.78, 5) is 15.9. The summed E-state index contributed by atoms with van der Waals surface area (Å²) in [5.41, 5.74) is 2.97. The van der Waals surface area contributed by atoms with Gasteiger partial charge in [-0.2, -0.15) is 0 Å². The molecular formula is C24H35IN4O3. The van der Waals surface area contributed by atoms with E-state index in [1.165, 1.54) is 12.5 Å². The molecule has 0 aliphatic carbocycles. The molecule has 0 fully saturated rings. The topological polar surface area (TPSA) is 84.0 Å². The van der Waals surface area contributed by atoms with Gasteiger partial charge in [-0.15, -0.1) is 24.0 Å². The smallest absolute Gasteiger partial charge is 0.221 e. The van der Waals surface area contributed by atoms with Crippen molar-refractivity contribution >= 4 is 41.5 Å². The third-order valence-electron chi connectivity index (χ3n) is 4.33. The number of ether oxygens (including phenoxy) is 2. The molecule has 0 heterocycles. The molecule has 0 aliphatic rings. The zero-order valence-corrected chi connectivity index (χ0v) is 21.7. The molecule has 0 atom stereocenters. The highest BCUT2D eigenvalue weighted by Gasteiger charge is 2.07. The molecule has 0 unspecified atom stereocenters. The highest BCUT2D eigenvalue weighted by Crippen LogP contribution is 2.28. The maximum absolute atomic E-state index is 11.2. The molecule has 2 aromatic rings. The van der Waals surface area contributed by atoms with E-state index in [0.717, 1.165) is 48.2 Å². The standard InChI is InChI=1S/C24H34N4O3.HI/c1-5-25-24(27-17-20-9-8-10-21(15-20)28-18(4)29)26-14-13-19-11-12-22(30-6-2)23(16-19)31-7-3;/h8-12,15-16H,5-7,13-14,17H2,1-4H3,(H,28,29)(H2,25,26,27);1H. The predicted octanol–water partition coefficient (Wildman–Crippen LogP) is 4.36. The van der Waals surface area contributed by atoms with Crippen LogP contribution in [0, 0.1) is 0 Å². The van der Waals surface area contributed by atoms with E-state index in [4.69, 9.17) is 9.47 Å². The van der Waals surface area contributed by atoms with E-state index in [-0.39, 0.29) is 29.9 Å². The van der Waals surface area contributed by atoms with Gasteiger partial charge in [0.2, 0.25) is 5.91 Å². The Morgan fingerprint density at radius 3 is 2.38 bits per heavy atom. The van der Waals surface area contributed by atoms with Crippen LogP contribution in [-0.4, -0.2) is 38.2 Å². The van der Waals surface area contributed by atoms with Gasteiger partial charge >= 0.3 is 0 Å². The first kappa shape index (κ1) is 27.5. The normalized spacial score (nSPS) is 10.7. The highest BCUT2D eigenvalue weighted by atomic mass is 127. The van der Waals surface area contributed by atoms with Gasteiger partial charge in [0.15, 0.2) is 17.5 Å². The summed E-state index contributed by atoms with van der Waals surface area (Å²) >= 11 is 0. The number of amides is 1. The second-order valence-electron chi connectivity index (χ2n) is 6.90. The van der Waals surface area contributed by atoms with Crippen molar-refractivity contribution in [1.82, 2.24) is 10.6 Å². The Labute approximate surface area is 208 Å². The molecule has 2 rings (SSSR count). The molecule has 176 valence electrons. The van der Waals surface area contributed by atoms with Crippen LogP contribution in [0.2, 0.25) is 0 Å². The quantitative estimate of drug-likeness (QED) is 0.219. The molecular weight excluding hydrogens is 519 g/mol. The van der Waals surface area contributed by atoms with E-state index in [1.807, 2.05) is 57.2 Å². The summed E-state index contributed by atoms with van der Waals surface area (Å²) in [6.45, 7) is 10.7. The van der Waals surface area contributed by atoms with Gasteiger partial charge in [0, 0.05) is 25.7 Å². The number of guanidine groups is 1. The molecule has 7 nitrogen and oxygen atoms in total. The fraction of sp³-hybridized carbons (Fsp3) is 0.417. The predicted molar refractivity (Wildman–Crippen MR) is 141 cm³/mol. The number of nitrogens with zero attached hydrogens (tertiary/aromatic N) is 1. The first-order chi connectivity index (χ1) is 15.0. The first-order valence-corrected chi connectivity index (χ1v) is 10.8. The third-order valence-corrected chi connectivity index (χ3v) is 4.33. The van der Waals surface area contributed by atoms with E-state index in [2.05, 4.69) is 27.0 Å². The number of anilines is 1. The van der Waals surface area contributed by atoms with E-state index >= 15 is 0 Å². The largest absolute Gasteiger partial charge is 0.490 e. The monoisotopic (exact) mass is 554 g/mol. The summed E-state index contributed by atoms with van der Waals surface area (Å²) in [6, 6.07) is 13.8. The lowest BCUT2D eigenvalue weighted by molar-refractivity contribution is -0.114. The average Bonchev–Trinajstić information content (AvgIpc) is 2.74. The molecule has 0 spiro atoms. The van der Waals surface area contributed by atoms with Crippen LogP contribution in [0.15, 0.2) is 47.5 Å². The van der Waals surface area contributed by atoms with Gasteiger partial charge in [0.1, 0.15) is 0 Å². The van der Waals surface area contributed by atoms with Gasteiger partial charge in [-0.1, -0.05) is 18.2 Å². The van der Waals surface area contributed by atoms with Gasteiger partial charge in [-0.3, -0.25) is 4.79 Å². The number of hydrogen-bond donors (Lipinski definition) is 3. The van der Waals surface area contributed by atoms with Crippen LogP contribution in [-0.2, 0) is 17.8 Å². The minimum Gasteiger partial charge on any atom is -0.490 e. The van der Waals surface area contributed by atoms with Crippen molar-refractivity contribution in [3.8, 4) is 11.5 Å². The number of hydrogen-bond acceptors (Lipinski definition) is 4. The number of rotatable bonds is 11. The summed E-state index contributed by atoms with van der Waals surface area (Å²) in [6.07, 6.45) is 0.828. The fourth-order valence-electron chi connectivity index (χ4n) is 3.04. The lowest BCUT2D eigenvalue weighted by Crippen LogP contribution is -2.38. The van der Waals surface area contributed by atoms with E-state index in [0.29, 0.717) is 19.8 Å². The SMILES string of the molecule is CCNC(=NCc1cccc(NC(C)=O)c1)NCCc1ccc(OCC)c(OCC)c1.I. The zero-order valence-electron chi connectivity index (χ0n) is 19.4. The van der Waals surface area contributed by atoms with Crippen molar-refractivity contribution in [2.24, 2.45) is 4.99 Å². The molecule has 0 saturated carbocycles. The van der Waals surface area contributed by atoms with Crippen LogP contribution in [0.5, 0.6) is 11.5 Å². The van der Waals surface area contributed by atoms with Gasteiger partial charge < -0.3 is 25.4 Å². The molecule has 2 aromatic carbocycles. The maximum atomic E-state index is 11.2. The lowest BCUT2D eigenvalue weighted by Gasteiger charge is -2.14. The molecule has 8 heteroatoms. The minimum atomic E-state index is -0.0857. The van der Waals surface area contributed by atoms with E-state index < -0.39 is 0 Å². The second-order valence-corrected chi connectivity index (χ2v) is 6.90. The number of benzene rings is 2. The van der Waals surface area contributed by atoms with Crippen molar-refractivity contribution in [2.45, 2.75) is 40.7 Å². The Bertz CT molecular complexity index is 874. The minimum absolute atomic E-state index is 0. The van der Waals surface area contributed by atoms with E-state index in [9.17, 15) is 4.79 Å². The van der Waals surface area contributed by atoms with Gasteiger partial charge in [0.05, 0.1) is 19.8 Å². The molecule has 0 aliphatic heterocycles. The van der Waals surface area contributed by atoms with Crippen LogP contribution >= 0.6 is 24.0 Å². The van der Waals surface area contributed by atoms with Crippen molar-refractivity contribution in [1.29, 1.82) is 0 Å². The Balaban J connectivity index is 0.00000512. The van der Waals surface area contributed by atoms with Crippen molar-refractivity contribution in [3.05, 3.63) is 53.6 Å². The Morgan fingerprint density at radius 2 is 1.69 bits per heavy atom. The van der Waals surface area contributed by atoms with Crippen molar-refractivity contribution < 1.29 is 14.3 Å². The molecule has 1 amide bonds. The number of aliphatic imine (C=N–C) groups is 1. The number of carbonyl (C=O) groups is 1. The average molecular weight is 554 g/mol. The van der Waals surface area contributed by atoms with Crippen LogP contribution < -0.4 is 25.4 Å². The number of carbonyl (C=O) groups excluding carboxylic acids is 1. The van der Waals surface area contributed by atoms with E-state index in [1.54, 1.807) is 0 Å². The molecule has 3 N–H and O–H groups in total. The third kappa shape index (κ3) is 9.76. The van der Waals surface area contributed by atoms with Crippen molar-refractivity contribution in [2.75, 3.05) is 31.6 Å². The molecule has 0 bridgehead atoms. The fourth-order valence-corrected chi connectivity index (χ4v) is 3.04. The van der Waals surface area contributed by atoms with Crippen LogP contribution in [0.25, 0.3) is 0 Å². The van der Waals surface area contributed by atoms with Gasteiger partial charge in [0.25, 0.3) is 0 Å². The summed E-state index contributed by atoms with van der Waals surface area (Å²) in [5.74, 6) is 2.22. The maximum Gasteiger partial charge on any atom is 0.221 e. The molecule has 32 heavy (non-hydrogen) atoms. The number of nitrogens with one attached hydrogen (secondary N) is 3. The number of halogens is 1. The van der Waals surface area contributed by atoms with Crippen molar-refractivity contribution in [3.63, 3.8) is 0 Å². The highest BCUT2D eigenvalue weighted by molar-refractivity contribution is 14.0. The summed E-state index contributed by atoms with van der Waals surface area (Å²) in [5, 5.41) is 9.44. The Morgan fingerprint density at radius 1 is 0.938 bits per heavy atom. The van der Waals surface area contributed by atoms with Gasteiger partial charge in [-0.25, -0.2) is 4.99 Å². The van der Waals surface area contributed by atoms with Gasteiger partial charge in [-0.05, 0) is 62.6 Å². The van der Waals surface area contributed by atoms with Crippen LogP contribution in [0.3, 0.4) is 0 Å². The molecule has 0 aromatic heterocycles. The molecule has 0 radical (unpaired) electrons. The lowest BCUT2D eigenvalue weighted by atomic mass is 10.1. The van der Waals surface area contributed by atoms with Crippen LogP contribution in [0.1, 0.15) is 38.8 Å². The Hall–Kier alpha value is -2.49. The Kier molecular flexibility index (Phi) is 13.2. The van der Waals surface area contributed by atoms with Crippen LogP contribution in [0.4, 0.5) is 5.69 Å². The second kappa shape index (κ2) is 15.3. The molecule has 0 saturated heterocycles. The summed E-state index contributed by atoms with van der Waals surface area (Å²) < 4.78 is 11.3.